The van der Waals surface area contributed by atoms with Crippen molar-refractivity contribution in [3.05, 3.63) is 5.89 Å². The predicted octanol–water partition coefficient (Wildman–Crippen LogP) is 1.33. The number of nitrogens with one attached hydrogen (secondary N) is 1. The summed E-state index contributed by atoms with van der Waals surface area (Å²) in [5.41, 5.74) is 0. The van der Waals surface area contributed by atoms with Gasteiger partial charge in [-0.3, -0.25) is 4.79 Å². The Morgan fingerprint density at radius 1 is 1.37 bits per heavy atom. The molecule has 1 atom stereocenters. The van der Waals surface area contributed by atoms with Crippen LogP contribution in [0, 0.1) is 0 Å². The fourth-order valence-corrected chi connectivity index (χ4v) is 2.58. The number of hydrogen-bond acceptors (Lipinski definition) is 6. The highest BCUT2D eigenvalue weighted by Gasteiger charge is 2.29. The van der Waals surface area contributed by atoms with E-state index in [-0.39, 0.29) is 12.0 Å². The molecule has 1 aliphatic heterocycles. The number of nitrogens with zero attached hydrogens (tertiary/aromatic N) is 2. The highest BCUT2D eigenvalue weighted by atomic mass is 32.2. The van der Waals surface area contributed by atoms with Gasteiger partial charge < -0.3 is 14.5 Å². The van der Waals surface area contributed by atoms with Crippen molar-refractivity contribution in [3.63, 3.8) is 0 Å². The molecule has 0 aromatic carbocycles. The molecule has 1 saturated heterocycles. The molecule has 0 spiro atoms. The fourth-order valence-electron chi connectivity index (χ4n) is 1.99. The number of carbonyl (C=O) groups excluding carboxylic acids is 1. The molecule has 2 heterocycles. The lowest BCUT2D eigenvalue weighted by Crippen LogP contribution is -2.32. The molecule has 3 rings (SSSR count). The first kappa shape index (κ1) is 12.9. The second-order valence-corrected chi connectivity index (χ2v) is 5.83. The molecule has 2 aliphatic rings. The Bertz CT molecular complexity index is 441. The lowest BCUT2D eigenvalue weighted by molar-refractivity contribution is -0.119. The van der Waals surface area contributed by atoms with Crippen molar-refractivity contribution in [2.45, 2.75) is 42.9 Å². The normalized spacial score (nSPS) is 22.6. The highest BCUT2D eigenvalue weighted by molar-refractivity contribution is 7.99. The van der Waals surface area contributed by atoms with Crippen molar-refractivity contribution in [1.82, 2.24) is 15.5 Å². The summed E-state index contributed by atoms with van der Waals surface area (Å²) < 4.78 is 10.9. The largest absolute Gasteiger partial charge is 0.416 e. The average molecular weight is 283 g/mol. The molecular weight excluding hydrogens is 266 g/mol. The van der Waals surface area contributed by atoms with Crippen LogP contribution >= 0.6 is 11.8 Å². The third kappa shape index (κ3) is 3.70. The highest BCUT2D eigenvalue weighted by Crippen LogP contribution is 2.39. The summed E-state index contributed by atoms with van der Waals surface area (Å²) in [5.74, 6) is 1.45. The zero-order valence-corrected chi connectivity index (χ0v) is 11.4. The first-order valence-electron chi connectivity index (χ1n) is 6.66. The molecule has 6 nitrogen and oxygen atoms in total. The second kappa shape index (κ2) is 5.92. The van der Waals surface area contributed by atoms with Crippen molar-refractivity contribution < 1.29 is 13.9 Å². The smallest absolute Gasteiger partial charge is 0.277 e. The molecule has 1 aromatic heterocycles. The number of thioether (sulfide) groups is 1. The molecule has 1 saturated carbocycles. The molecule has 7 heteroatoms. The van der Waals surface area contributed by atoms with Gasteiger partial charge in [0.05, 0.1) is 11.9 Å². The van der Waals surface area contributed by atoms with E-state index in [0.29, 0.717) is 29.3 Å². The van der Waals surface area contributed by atoms with Crippen LogP contribution in [0.5, 0.6) is 0 Å². The van der Waals surface area contributed by atoms with Crippen LogP contribution in [-0.4, -0.2) is 41.1 Å². The van der Waals surface area contributed by atoms with Crippen LogP contribution in [0.1, 0.15) is 37.5 Å². The van der Waals surface area contributed by atoms with Crippen LogP contribution in [0.2, 0.25) is 0 Å². The first-order chi connectivity index (χ1) is 9.31. The minimum atomic E-state index is -0.0216. The number of aromatic nitrogens is 2. The fraction of sp³-hybridized carbons (Fsp3) is 0.750. The van der Waals surface area contributed by atoms with Crippen LogP contribution in [0.3, 0.4) is 0 Å². The molecule has 1 aliphatic carbocycles. The topological polar surface area (TPSA) is 77.2 Å². The van der Waals surface area contributed by atoms with Crippen LogP contribution in [-0.2, 0) is 9.53 Å². The van der Waals surface area contributed by atoms with Gasteiger partial charge in [0.2, 0.25) is 11.8 Å². The number of ether oxygens (including phenoxy) is 1. The summed E-state index contributed by atoms with van der Waals surface area (Å²) >= 11 is 1.28. The number of rotatable bonds is 6. The van der Waals surface area contributed by atoms with Gasteiger partial charge >= 0.3 is 0 Å². The SMILES string of the molecule is O=C(CSc1nnc(C2CC2)o1)NCC1CCCO1. The zero-order chi connectivity index (χ0) is 13.1. The van der Waals surface area contributed by atoms with Gasteiger partial charge in [0.15, 0.2) is 0 Å². The summed E-state index contributed by atoms with van der Waals surface area (Å²) in [6.45, 7) is 1.40. The lowest BCUT2D eigenvalue weighted by Gasteiger charge is -2.09. The van der Waals surface area contributed by atoms with Crippen molar-refractivity contribution in [3.8, 4) is 0 Å². The first-order valence-corrected chi connectivity index (χ1v) is 7.64. The predicted molar refractivity (Wildman–Crippen MR) is 69.0 cm³/mol. The number of hydrogen-bond donors (Lipinski definition) is 1. The standard InChI is InChI=1S/C12H17N3O3S/c16-10(13-6-9-2-1-5-17-9)7-19-12-15-14-11(18-12)8-3-4-8/h8-9H,1-7H2,(H,13,16). The van der Waals surface area contributed by atoms with E-state index >= 15 is 0 Å². The van der Waals surface area contributed by atoms with Crippen LogP contribution in [0.25, 0.3) is 0 Å². The maximum atomic E-state index is 11.6. The Labute approximate surface area is 115 Å². The maximum Gasteiger partial charge on any atom is 0.277 e. The van der Waals surface area contributed by atoms with Crippen molar-refractivity contribution >= 4 is 17.7 Å². The van der Waals surface area contributed by atoms with Gasteiger partial charge in [-0.1, -0.05) is 11.8 Å². The molecule has 0 radical (unpaired) electrons. The van der Waals surface area contributed by atoms with E-state index in [4.69, 9.17) is 9.15 Å². The van der Waals surface area contributed by atoms with Crippen LogP contribution in [0.4, 0.5) is 0 Å². The van der Waals surface area contributed by atoms with Crippen molar-refractivity contribution in [2.24, 2.45) is 0 Å². The van der Waals surface area contributed by atoms with Crippen molar-refractivity contribution in [2.75, 3.05) is 18.9 Å². The summed E-state index contributed by atoms with van der Waals surface area (Å²) in [6.07, 6.45) is 4.56. The molecule has 1 N–H and O–H groups in total. The molecule has 1 amide bonds. The van der Waals surface area contributed by atoms with Gasteiger partial charge in [-0.05, 0) is 25.7 Å². The van der Waals surface area contributed by atoms with E-state index in [9.17, 15) is 4.79 Å². The molecule has 1 aromatic rings. The minimum Gasteiger partial charge on any atom is -0.416 e. The molecule has 104 valence electrons. The van der Waals surface area contributed by atoms with Gasteiger partial charge in [-0.15, -0.1) is 10.2 Å². The summed E-state index contributed by atoms with van der Waals surface area (Å²) in [7, 11) is 0. The minimum absolute atomic E-state index is 0.0216. The Morgan fingerprint density at radius 3 is 3.00 bits per heavy atom. The number of carbonyl (C=O) groups is 1. The van der Waals surface area contributed by atoms with Crippen LogP contribution in [0.15, 0.2) is 9.64 Å². The van der Waals surface area contributed by atoms with E-state index in [0.717, 1.165) is 32.3 Å². The van der Waals surface area contributed by atoms with Gasteiger partial charge in [0.1, 0.15) is 0 Å². The van der Waals surface area contributed by atoms with E-state index in [1.165, 1.54) is 11.8 Å². The summed E-state index contributed by atoms with van der Waals surface area (Å²) in [6, 6.07) is 0. The van der Waals surface area contributed by atoms with Gasteiger partial charge in [-0.2, -0.15) is 0 Å². The van der Waals surface area contributed by atoms with Gasteiger partial charge in [0.25, 0.3) is 5.22 Å². The Morgan fingerprint density at radius 2 is 2.26 bits per heavy atom. The zero-order valence-electron chi connectivity index (χ0n) is 10.6. The van der Waals surface area contributed by atoms with Crippen LogP contribution < -0.4 is 5.32 Å². The Balaban J connectivity index is 1.36. The Hall–Kier alpha value is -1.08. The van der Waals surface area contributed by atoms with Crippen molar-refractivity contribution in [1.29, 1.82) is 0 Å². The quantitative estimate of drug-likeness (QED) is 0.794. The summed E-state index contributed by atoms with van der Waals surface area (Å²) in [4.78, 5) is 11.6. The third-order valence-corrected chi connectivity index (χ3v) is 4.04. The maximum absolute atomic E-state index is 11.6. The van der Waals surface area contributed by atoms with E-state index < -0.39 is 0 Å². The number of amides is 1. The lowest BCUT2D eigenvalue weighted by atomic mass is 10.2. The molecule has 2 fully saturated rings. The molecule has 0 bridgehead atoms. The van der Waals surface area contributed by atoms with E-state index in [2.05, 4.69) is 15.5 Å². The average Bonchev–Trinajstić information content (AvgIpc) is 2.95. The third-order valence-electron chi connectivity index (χ3n) is 3.23. The second-order valence-electron chi connectivity index (χ2n) is 4.91. The van der Waals surface area contributed by atoms with Gasteiger partial charge in [0, 0.05) is 19.1 Å². The molecule has 1 unspecified atom stereocenters. The van der Waals surface area contributed by atoms with E-state index in [1.54, 1.807) is 0 Å². The monoisotopic (exact) mass is 283 g/mol. The van der Waals surface area contributed by atoms with Gasteiger partial charge in [-0.25, -0.2) is 0 Å². The molecular formula is C12H17N3O3S. The van der Waals surface area contributed by atoms with E-state index in [1.807, 2.05) is 0 Å². The molecule has 19 heavy (non-hydrogen) atoms. The summed E-state index contributed by atoms with van der Waals surface area (Å²) in [5, 5.41) is 11.2. The Kier molecular flexibility index (Phi) is 4.03.